The fraction of sp³-hybridized carbons (Fsp3) is 0.581. The van der Waals surface area contributed by atoms with E-state index in [0.717, 1.165) is 55.6 Å². The third kappa shape index (κ3) is 7.59. The van der Waals surface area contributed by atoms with Crippen molar-refractivity contribution in [1.82, 2.24) is 34.3 Å². The number of carbonyl (C=O) groups is 2. The average Bonchev–Trinajstić information content (AvgIpc) is 3.38. The van der Waals surface area contributed by atoms with Crippen LogP contribution in [0.25, 0.3) is 10.9 Å². The molecule has 3 aliphatic rings. The van der Waals surface area contributed by atoms with Crippen molar-refractivity contribution in [2.75, 3.05) is 48.7 Å². The molecule has 2 atom stereocenters. The van der Waals surface area contributed by atoms with Crippen molar-refractivity contribution in [3.8, 4) is 0 Å². The molecule has 3 fully saturated rings. The molecule has 3 aromatic rings. The monoisotopic (exact) mass is 675 g/mol. The second-order valence-electron chi connectivity index (χ2n) is 12.6. The third-order valence-corrected chi connectivity index (χ3v) is 11.1. The number of aromatic nitrogens is 4. The van der Waals surface area contributed by atoms with E-state index in [1.54, 1.807) is 4.68 Å². The van der Waals surface area contributed by atoms with Crippen LogP contribution < -0.4 is 15.5 Å². The van der Waals surface area contributed by atoms with Gasteiger partial charge in [0.1, 0.15) is 0 Å². The third-order valence-electron chi connectivity index (χ3n) is 9.55. The van der Waals surface area contributed by atoms with Gasteiger partial charge < -0.3 is 10.2 Å². The lowest BCUT2D eigenvalue weighted by molar-refractivity contribution is -0.138. The molecule has 254 valence electrons. The maximum Gasteiger partial charge on any atom is 0.419 e. The minimum atomic E-state index is -4.47. The van der Waals surface area contributed by atoms with Crippen LogP contribution in [0.1, 0.15) is 62.5 Å². The second-order valence-corrected chi connectivity index (χ2v) is 14.2. The van der Waals surface area contributed by atoms with Gasteiger partial charge in [-0.05, 0) is 75.7 Å². The maximum absolute atomic E-state index is 13.1. The van der Waals surface area contributed by atoms with E-state index in [1.165, 1.54) is 10.5 Å². The first-order chi connectivity index (χ1) is 22.5. The van der Waals surface area contributed by atoms with E-state index < -0.39 is 28.8 Å². The van der Waals surface area contributed by atoms with Gasteiger partial charge in [-0.15, -0.1) is 0 Å². The summed E-state index contributed by atoms with van der Waals surface area (Å²) in [6.45, 7) is 5.70. The summed E-state index contributed by atoms with van der Waals surface area (Å²) < 4.78 is 55.2. The van der Waals surface area contributed by atoms with Crippen molar-refractivity contribution < 1.29 is 27.0 Å². The number of benzene rings is 1. The molecule has 0 bridgehead atoms. The van der Waals surface area contributed by atoms with Gasteiger partial charge in [0.15, 0.2) is 5.82 Å². The van der Waals surface area contributed by atoms with Gasteiger partial charge in [0.2, 0.25) is 11.9 Å². The molecule has 47 heavy (non-hydrogen) atoms. The Balaban J connectivity index is 0.944. The molecule has 3 saturated heterocycles. The van der Waals surface area contributed by atoms with Crippen LogP contribution in [0.3, 0.4) is 0 Å². The van der Waals surface area contributed by atoms with E-state index >= 15 is 0 Å². The van der Waals surface area contributed by atoms with Gasteiger partial charge >= 0.3 is 12.2 Å². The highest BCUT2D eigenvalue weighted by Crippen LogP contribution is 2.34. The lowest BCUT2D eigenvalue weighted by Crippen LogP contribution is -2.49. The van der Waals surface area contributed by atoms with Crippen LogP contribution in [0.2, 0.25) is 0 Å². The van der Waals surface area contributed by atoms with Gasteiger partial charge in [0.05, 0.1) is 22.1 Å². The molecule has 2 aromatic heterocycles. The first kappa shape index (κ1) is 33.3. The number of rotatable bonds is 9. The van der Waals surface area contributed by atoms with Crippen LogP contribution >= 0.6 is 0 Å². The molecule has 12 nitrogen and oxygen atoms in total. The second kappa shape index (κ2) is 13.8. The predicted octanol–water partition coefficient (Wildman–Crippen LogP) is 4.03. The van der Waals surface area contributed by atoms with Crippen LogP contribution in [0.4, 0.5) is 29.7 Å². The van der Waals surface area contributed by atoms with E-state index in [0.29, 0.717) is 56.0 Å². The minimum Gasteiger partial charge on any atom is -0.351 e. The van der Waals surface area contributed by atoms with Crippen LogP contribution in [-0.4, -0.2) is 95.7 Å². The summed E-state index contributed by atoms with van der Waals surface area (Å²) in [7, 11) is 0.776. The number of amides is 3. The summed E-state index contributed by atoms with van der Waals surface area (Å²) in [6.07, 6.45) is 1.63. The summed E-state index contributed by atoms with van der Waals surface area (Å²) in [4.78, 5) is 35.6. The Kier molecular flexibility index (Phi) is 9.80. The van der Waals surface area contributed by atoms with Crippen LogP contribution in [0.5, 0.6) is 0 Å². The van der Waals surface area contributed by atoms with Crippen LogP contribution in [-0.2, 0) is 29.0 Å². The lowest BCUT2D eigenvalue weighted by atomic mass is 9.88. The summed E-state index contributed by atoms with van der Waals surface area (Å²) in [5.74, 6) is 1.46. The number of piperidine rings is 2. The van der Waals surface area contributed by atoms with E-state index in [2.05, 4.69) is 49.7 Å². The predicted molar refractivity (Wildman–Crippen MR) is 172 cm³/mol. The highest BCUT2D eigenvalue weighted by molar-refractivity contribution is 7.82. The Morgan fingerprint density at radius 1 is 1.04 bits per heavy atom. The van der Waals surface area contributed by atoms with E-state index in [1.807, 2.05) is 17.4 Å². The summed E-state index contributed by atoms with van der Waals surface area (Å²) in [5.41, 5.74) is 1.33. The Labute approximate surface area is 273 Å². The molecular formula is C31H40F3N9O3S. The molecule has 0 radical (unpaired) electrons. The summed E-state index contributed by atoms with van der Waals surface area (Å²) >= 11 is 0. The highest BCUT2D eigenvalue weighted by Gasteiger charge is 2.32. The molecule has 3 aliphatic heterocycles. The lowest BCUT2D eigenvalue weighted by Gasteiger charge is -2.37. The Hall–Kier alpha value is -3.63. The standard InChI is InChI=1S/C31H40F3N9O3S/c1-20(10-16-47(46)42-13-7-24(8-14-42)37-29-35-18-23(19-36-29)31(32,33)34)41-11-5-21(6-12-41)22-3-4-25-26(17-22)40(2)39-28(25)43-15-9-27(44)38-30(43)45/h3-4,17-21,24H,5-16H2,1-2H3,(H,35,36,37)(H,38,44,45). The van der Waals surface area contributed by atoms with Gasteiger partial charge in [0, 0.05) is 68.7 Å². The van der Waals surface area contributed by atoms with Gasteiger partial charge in [-0.3, -0.25) is 19.7 Å². The number of alkyl halides is 3. The Morgan fingerprint density at radius 2 is 1.74 bits per heavy atom. The zero-order chi connectivity index (χ0) is 33.3. The van der Waals surface area contributed by atoms with Gasteiger partial charge in [-0.1, -0.05) is 6.07 Å². The van der Waals surface area contributed by atoms with Gasteiger partial charge in [0.25, 0.3) is 0 Å². The number of nitrogens with one attached hydrogen (secondary N) is 2. The zero-order valence-electron chi connectivity index (χ0n) is 26.5. The molecule has 2 N–H and O–H groups in total. The minimum absolute atomic E-state index is 0.0176. The fourth-order valence-electron chi connectivity index (χ4n) is 6.67. The Morgan fingerprint density at radius 3 is 2.40 bits per heavy atom. The van der Waals surface area contributed by atoms with Gasteiger partial charge in [-0.25, -0.2) is 23.3 Å². The SMILES string of the molecule is CC(CCS(=O)N1CCC(Nc2ncc(C(F)(F)F)cn2)CC1)N1CCC(c2ccc3c(N4CCC(=O)NC4=O)nn(C)c3c2)CC1. The molecule has 6 rings (SSSR count). The van der Waals surface area contributed by atoms with Crippen molar-refractivity contribution in [2.24, 2.45) is 7.05 Å². The number of anilines is 2. The van der Waals surface area contributed by atoms with Crippen molar-refractivity contribution in [3.05, 3.63) is 41.7 Å². The van der Waals surface area contributed by atoms with Gasteiger partial charge in [-0.2, -0.15) is 18.3 Å². The molecule has 0 aliphatic carbocycles. The molecule has 2 unspecified atom stereocenters. The Bertz CT molecular complexity index is 1620. The number of likely N-dealkylation sites (tertiary alicyclic amines) is 1. The topological polar surface area (TPSA) is 129 Å². The van der Waals surface area contributed by atoms with Crippen LogP contribution in [0.15, 0.2) is 30.6 Å². The number of hydrogen-bond donors (Lipinski definition) is 2. The number of fused-ring (bicyclic) bond motifs is 1. The van der Waals surface area contributed by atoms with Crippen molar-refractivity contribution in [2.45, 2.75) is 69.6 Å². The number of carbonyl (C=O) groups excluding carboxylic acids is 2. The average molecular weight is 676 g/mol. The van der Waals surface area contributed by atoms with Crippen molar-refractivity contribution in [3.63, 3.8) is 0 Å². The first-order valence-electron chi connectivity index (χ1n) is 16.1. The molecular weight excluding hydrogens is 635 g/mol. The number of aryl methyl sites for hydroxylation is 1. The van der Waals surface area contributed by atoms with Crippen LogP contribution in [0, 0.1) is 0 Å². The number of imide groups is 1. The number of nitrogens with zero attached hydrogens (tertiary/aromatic N) is 7. The molecule has 1 aromatic carbocycles. The normalized spacial score (nSPS) is 20.8. The first-order valence-corrected chi connectivity index (χ1v) is 17.3. The highest BCUT2D eigenvalue weighted by atomic mass is 32.2. The smallest absolute Gasteiger partial charge is 0.351 e. The number of urea groups is 1. The molecule has 0 spiro atoms. The molecule has 5 heterocycles. The van der Waals surface area contributed by atoms with Crippen molar-refractivity contribution in [1.29, 1.82) is 0 Å². The number of hydrogen-bond acceptors (Lipinski definition) is 8. The maximum atomic E-state index is 13.1. The van der Waals surface area contributed by atoms with Crippen molar-refractivity contribution >= 4 is 45.6 Å². The summed E-state index contributed by atoms with van der Waals surface area (Å²) in [5, 5.41) is 11.0. The molecule has 0 saturated carbocycles. The zero-order valence-corrected chi connectivity index (χ0v) is 27.3. The van der Waals surface area contributed by atoms with E-state index in [4.69, 9.17) is 0 Å². The molecule has 3 amide bonds. The van der Waals surface area contributed by atoms with E-state index in [-0.39, 0.29) is 24.3 Å². The summed E-state index contributed by atoms with van der Waals surface area (Å²) in [6, 6.07) is 6.21. The number of halogens is 3. The molecule has 16 heteroatoms. The largest absolute Gasteiger partial charge is 0.419 e. The fourth-order valence-corrected chi connectivity index (χ4v) is 8.09. The van der Waals surface area contributed by atoms with E-state index in [9.17, 15) is 27.0 Å². The quantitative estimate of drug-likeness (QED) is 0.348.